The highest BCUT2D eigenvalue weighted by atomic mass is 79.9. The molecular formula is C10H16BrNO2S. The average molecular weight is 294 g/mol. The average Bonchev–Trinajstić information content (AvgIpc) is 2.44. The van der Waals surface area contributed by atoms with Gasteiger partial charge in [0.15, 0.2) is 5.06 Å². The molecule has 0 aliphatic rings. The number of rotatable bonds is 5. The quantitative estimate of drug-likeness (QED) is 0.876. The van der Waals surface area contributed by atoms with E-state index in [1.807, 2.05) is 6.07 Å². The number of methoxy groups -OCH3 is 1. The third kappa shape index (κ3) is 4.51. The van der Waals surface area contributed by atoms with Crippen molar-refractivity contribution in [2.75, 3.05) is 13.7 Å². The molecule has 0 aliphatic carbocycles. The summed E-state index contributed by atoms with van der Waals surface area (Å²) in [5.74, 6) is 0. The van der Waals surface area contributed by atoms with Crippen molar-refractivity contribution in [2.45, 2.75) is 26.0 Å². The maximum Gasteiger partial charge on any atom is 0.188 e. The van der Waals surface area contributed by atoms with Crippen molar-refractivity contribution in [1.29, 1.82) is 0 Å². The van der Waals surface area contributed by atoms with Crippen LogP contribution in [-0.4, -0.2) is 24.4 Å². The molecular weight excluding hydrogens is 278 g/mol. The van der Waals surface area contributed by atoms with Gasteiger partial charge in [0.1, 0.15) is 0 Å². The molecule has 0 aromatic carbocycles. The Kier molecular flexibility index (Phi) is 4.58. The summed E-state index contributed by atoms with van der Waals surface area (Å²) in [6, 6.07) is 2.03. The summed E-state index contributed by atoms with van der Waals surface area (Å²) in [6.07, 6.45) is 0. The fourth-order valence-corrected chi connectivity index (χ4v) is 2.78. The molecule has 0 aliphatic heterocycles. The fourth-order valence-electron chi connectivity index (χ4n) is 1.12. The molecule has 3 nitrogen and oxygen atoms in total. The molecule has 0 atom stereocenters. The van der Waals surface area contributed by atoms with Crippen LogP contribution in [0.5, 0.6) is 5.06 Å². The second-order valence-corrected chi connectivity index (χ2v) is 5.92. The molecule has 0 amide bonds. The van der Waals surface area contributed by atoms with E-state index in [-0.39, 0.29) is 0 Å². The molecule has 1 rings (SSSR count). The predicted octanol–water partition coefficient (Wildman–Crippen LogP) is 2.38. The van der Waals surface area contributed by atoms with Crippen LogP contribution in [0.15, 0.2) is 10.5 Å². The summed E-state index contributed by atoms with van der Waals surface area (Å²) in [5, 5.41) is 13.6. The van der Waals surface area contributed by atoms with Crippen LogP contribution < -0.4 is 10.1 Å². The van der Waals surface area contributed by atoms with E-state index in [1.54, 1.807) is 32.3 Å². The van der Waals surface area contributed by atoms with Crippen molar-refractivity contribution in [2.24, 2.45) is 0 Å². The zero-order valence-corrected chi connectivity index (χ0v) is 11.5. The highest BCUT2D eigenvalue weighted by molar-refractivity contribution is 9.10. The molecule has 86 valence electrons. The minimum absolute atomic E-state index is 0.574. The van der Waals surface area contributed by atoms with E-state index in [9.17, 15) is 5.11 Å². The Balaban J connectivity index is 2.44. The Hall–Kier alpha value is -0.100. The number of thiophene rings is 1. The molecule has 0 saturated carbocycles. The first-order chi connectivity index (χ1) is 6.92. The number of aliphatic hydroxyl groups is 1. The van der Waals surface area contributed by atoms with Gasteiger partial charge in [0.05, 0.1) is 17.2 Å². The van der Waals surface area contributed by atoms with E-state index in [0.717, 1.165) is 16.1 Å². The Morgan fingerprint density at radius 1 is 1.60 bits per heavy atom. The van der Waals surface area contributed by atoms with Crippen LogP contribution in [0.1, 0.15) is 18.7 Å². The summed E-state index contributed by atoms with van der Waals surface area (Å²) in [5.41, 5.74) is -0.668. The molecule has 15 heavy (non-hydrogen) atoms. The first kappa shape index (κ1) is 13.0. The van der Waals surface area contributed by atoms with Crippen LogP contribution >= 0.6 is 27.3 Å². The summed E-state index contributed by atoms with van der Waals surface area (Å²) in [4.78, 5) is 1.18. The normalized spacial score (nSPS) is 11.8. The second-order valence-electron chi connectivity index (χ2n) is 3.97. The number of hydrogen-bond acceptors (Lipinski definition) is 4. The topological polar surface area (TPSA) is 41.5 Å². The number of nitrogens with one attached hydrogen (secondary N) is 1. The van der Waals surface area contributed by atoms with Crippen LogP contribution in [0.2, 0.25) is 0 Å². The Morgan fingerprint density at radius 3 is 2.73 bits per heavy atom. The van der Waals surface area contributed by atoms with Gasteiger partial charge in [-0.3, -0.25) is 0 Å². The molecule has 0 saturated heterocycles. The molecule has 1 aromatic rings. The van der Waals surface area contributed by atoms with Gasteiger partial charge in [-0.15, -0.1) is 11.3 Å². The third-order valence-electron chi connectivity index (χ3n) is 1.75. The van der Waals surface area contributed by atoms with Gasteiger partial charge in [-0.2, -0.15) is 0 Å². The Bertz CT molecular complexity index is 320. The van der Waals surface area contributed by atoms with E-state index in [4.69, 9.17) is 4.74 Å². The molecule has 0 radical (unpaired) electrons. The van der Waals surface area contributed by atoms with Gasteiger partial charge in [0.25, 0.3) is 0 Å². The van der Waals surface area contributed by atoms with Crippen LogP contribution in [0.25, 0.3) is 0 Å². The number of halogens is 1. The summed E-state index contributed by atoms with van der Waals surface area (Å²) < 4.78 is 6.15. The van der Waals surface area contributed by atoms with Gasteiger partial charge in [-0.25, -0.2) is 0 Å². The minimum Gasteiger partial charge on any atom is -0.486 e. The molecule has 0 bridgehead atoms. The van der Waals surface area contributed by atoms with E-state index in [0.29, 0.717) is 6.54 Å². The summed E-state index contributed by atoms with van der Waals surface area (Å²) in [6.45, 7) is 4.89. The van der Waals surface area contributed by atoms with Gasteiger partial charge in [-0.05, 0) is 35.8 Å². The molecule has 2 N–H and O–H groups in total. The van der Waals surface area contributed by atoms with Gasteiger partial charge < -0.3 is 15.2 Å². The van der Waals surface area contributed by atoms with Gasteiger partial charge >= 0.3 is 0 Å². The van der Waals surface area contributed by atoms with Crippen LogP contribution in [0.3, 0.4) is 0 Å². The van der Waals surface area contributed by atoms with Gasteiger partial charge in [-0.1, -0.05) is 0 Å². The first-order valence-corrected chi connectivity index (χ1v) is 6.28. The lowest BCUT2D eigenvalue weighted by molar-refractivity contribution is 0.0796. The minimum atomic E-state index is -0.668. The lowest BCUT2D eigenvalue weighted by atomic mass is 10.1. The molecule has 1 heterocycles. The summed E-state index contributed by atoms with van der Waals surface area (Å²) in [7, 11) is 1.66. The molecule has 0 unspecified atom stereocenters. The SMILES string of the molecule is COc1sc(CNCC(C)(C)O)cc1Br. The van der Waals surface area contributed by atoms with Crippen molar-refractivity contribution in [3.05, 3.63) is 15.4 Å². The van der Waals surface area contributed by atoms with Crippen molar-refractivity contribution >= 4 is 27.3 Å². The molecule has 1 aromatic heterocycles. The predicted molar refractivity (Wildman–Crippen MR) is 66.6 cm³/mol. The van der Waals surface area contributed by atoms with E-state index >= 15 is 0 Å². The van der Waals surface area contributed by atoms with Crippen LogP contribution in [0, 0.1) is 0 Å². The Labute approximate surface area is 103 Å². The van der Waals surface area contributed by atoms with Crippen LogP contribution in [-0.2, 0) is 6.54 Å². The lowest BCUT2D eigenvalue weighted by Gasteiger charge is -2.17. The van der Waals surface area contributed by atoms with Gasteiger partial charge in [0, 0.05) is 18.0 Å². The van der Waals surface area contributed by atoms with Crippen molar-refractivity contribution in [1.82, 2.24) is 5.32 Å². The summed E-state index contributed by atoms with van der Waals surface area (Å²) >= 11 is 5.01. The maximum absolute atomic E-state index is 9.51. The first-order valence-electron chi connectivity index (χ1n) is 4.67. The standard InChI is InChI=1S/C10H16BrNO2S/c1-10(2,13)6-12-5-7-4-8(11)9(14-3)15-7/h4,12-13H,5-6H2,1-3H3. The zero-order valence-electron chi connectivity index (χ0n) is 9.13. The smallest absolute Gasteiger partial charge is 0.188 e. The maximum atomic E-state index is 9.51. The molecule has 5 heteroatoms. The van der Waals surface area contributed by atoms with E-state index < -0.39 is 5.60 Å². The Morgan fingerprint density at radius 2 is 2.27 bits per heavy atom. The lowest BCUT2D eigenvalue weighted by Crippen LogP contribution is -2.34. The van der Waals surface area contributed by atoms with E-state index in [2.05, 4.69) is 21.2 Å². The second kappa shape index (κ2) is 5.30. The van der Waals surface area contributed by atoms with Crippen molar-refractivity contribution in [3.63, 3.8) is 0 Å². The largest absolute Gasteiger partial charge is 0.486 e. The highest BCUT2D eigenvalue weighted by Gasteiger charge is 2.12. The van der Waals surface area contributed by atoms with Gasteiger partial charge in [0.2, 0.25) is 0 Å². The van der Waals surface area contributed by atoms with Crippen molar-refractivity contribution < 1.29 is 9.84 Å². The monoisotopic (exact) mass is 293 g/mol. The molecule has 0 spiro atoms. The fraction of sp³-hybridized carbons (Fsp3) is 0.600. The third-order valence-corrected chi connectivity index (χ3v) is 3.70. The molecule has 0 fully saturated rings. The highest BCUT2D eigenvalue weighted by Crippen LogP contribution is 2.34. The zero-order chi connectivity index (χ0) is 11.5. The number of hydrogen-bond donors (Lipinski definition) is 2. The van der Waals surface area contributed by atoms with Crippen LogP contribution in [0.4, 0.5) is 0 Å². The number of ether oxygens (including phenoxy) is 1. The van der Waals surface area contributed by atoms with E-state index in [1.165, 1.54) is 4.88 Å². The van der Waals surface area contributed by atoms with Crippen molar-refractivity contribution in [3.8, 4) is 5.06 Å².